The lowest BCUT2D eigenvalue weighted by Gasteiger charge is -2.24. The van der Waals surface area contributed by atoms with Crippen molar-refractivity contribution < 1.29 is 27.4 Å². The zero-order valence-electron chi connectivity index (χ0n) is 19.4. The van der Waals surface area contributed by atoms with Crippen LogP contribution < -0.4 is 23.8 Å². The van der Waals surface area contributed by atoms with Crippen LogP contribution in [0.3, 0.4) is 0 Å². The van der Waals surface area contributed by atoms with E-state index in [1.807, 2.05) is 6.92 Å². The van der Waals surface area contributed by atoms with Crippen molar-refractivity contribution in [2.24, 2.45) is 0 Å². The highest BCUT2D eigenvalue weighted by Gasteiger charge is 2.27. The van der Waals surface area contributed by atoms with Gasteiger partial charge in [0, 0.05) is 12.1 Å². The lowest BCUT2D eigenvalue weighted by Crippen LogP contribution is -2.41. The van der Waals surface area contributed by atoms with Crippen LogP contribution in [0.4, 0.5) is 5.69 Å². The first kappa shape index (κ1) is 24.9. The standard InChI is InChI=1S/C25H28N2O6S/c1-19-10-12-24(13-11-19)34(29,30)27(20-6-4-7-21(16-20)31-2)18-25(28)26-14-15-33-23-9-5-8-22(17-23)32-3/h4-13,16-17H,14-15,18H2,1-3H3,(H,26,28). The Labute approximate surface area is 200 Å². The molecule has 180 valence electrons. The fourth-order valence-corrected chi connectivity index (χ4v) is 4.57. The van der Waals surface area contributed by atoms with Gasteiger partial charge in [-0.3, -0.25) is 9.10 Å². The monoisotopic (exact) mass is 484 g/mol. The van der Waals surface area contributed by atoms with Gasteiger partial charge in [0.25, 0.3) is 10.0 Å². The van der Waals surface area contributed by atoms with Crippen molar-refractivity contribution >= 4 is 21.6 Å². The minimum absolute atomic E-state index is 0.0927. The highest BCUT2D eigenvalue weighted by atomic mass is 32.2. The lowest BCUT2D eigenvalue weighted by molar-refractivity contribution is -0.119. The summed E-state index contributed by atoms with van der Waals surface area (Å²) in [7, 11) is -0.940. The van der Waals surface area contributed by atoms with E-state index < -0.39 is 22.5 Å². The van der Waals surface area contributed by atoms with E-state index in [1.54, 1.807) is 67.8 Å². The summed E-state index contributed by atoms with van der Waals surface area (Å²) in [5.41, 5.74) is 1.25. The number of hydrogen-bond acceptors (Lipinski definition) is 6. The highest BCUT2D eigenvalue weighted by molar-refractivity contribution is 7.92. The molecule has 0 saturated carbocycles. The van der Waals surface area contributed by atoms with Crippen molar-refractivity contribution in [1.29, 1.82) is 0 Å². The maximum Gasteiger partial charge on any atom is 0.264 e. The molecule has 0 saturated heterocycles. The van der Waals surface area contributed by atoms with Crippen molar-refractivity contribution in [3.05, 3.63) is 78.4 Å². The molecule has 9 heteroatoms. The number of benzene rings is 3. The molecule has 0 atom stereocenters. The Kier molecular flexibility index (Phi) is 8.37. The van der Waals surface area contributed by atoms with E-state index in [-0.39, 0.29) is 18.0 Å². The topological polar surface area (TPSA) is 94.2 Å². The SMILES string of the molecule is COc1cccc(OCCNC(=O)CN(c2cccc(OC)c2)S(=O)(=O)c2ccc(C)cc2)c1. The van der Waals surface area contributed by atoms with Crippen LogP contribution in [0.15, 0.2) is 77.7 Å². The highest BCUT2D eigenvalue weighted by Crippen LogP contribution is 2.27. The zero-order valence-corrected chi connectivity index (χ0v) is 20.2. The summed E-state index contributed by atoms with van der Waals surface area (Å²) in [6, 6.07) is 20.2. The second-order valence-corrected chi connectivity index (χ2v) is 9.27. The Morgan fingerprint density at radius 1 is 0.882 bits per heavy atom. The molecule has 0 unspecified atom stereocenters. The van der Waals surface area contributed by atoms with Gasteiger partial charge in [-0.2, -0.15) is 0 Å². The van der Waals surface area contributed by atoms with Gasteiger partial charge < -0.3 is 19.5 Å². The number of ether oxygens (including phenoxy) is 3. The van der Waals surface area contributed by atoms with Gasteiger partial charge in [-0.1, -0.05) is 29.8 Å². The number of carbonyl (C=O) groups is 1. The van der Waals surface area contributed by atoms with Gasteiger partial charge in [-0.15, -0.1) is 0 Å². The van der Waals surface area contributed by atoms with Crippen LogP contribution >= 0.6 is 0 Å². The number of nitrogens with zero attached hydrogens (tertiary/aromatic N) is 1. The molecule has 0 spiro atoms. The van der Waals surface area contributed by atoms with Crippen LogP contribution in [0.25, 0.3) is 0 Å². The second kappa shape index (κ2) is 11.4. The number of aryl methyl sites for hydroxylation is 1. The number of sulfonamides is 1. The minimum Gasteiger partial charge on any atom is -0.497 e. The predicted octanol–water partition coefficient (Wildman–Crippen LogP) is 3.40. The van der Waals surface area contributed by atoms with Crippen LogP contribution in [0.1, 0.15) is 5.56 Å². The maximum atomic E-state index is 13.4. The van der Waals surface area contributed by atoms with Crippen LogP contribution in [0.5, 0.6) is 17.2 Å². The molecule has 1 amide bonds. The third-order valence-electron chi connectivity index (χ3n) is 4.97. The molecule has 0 aliphatic rings. The van der Waals surface area contributed by atoms with Gasteiger partial charge in [0.1, 0.15) is 30.4 Å². The fourth-order valence-electron chi connectivity index (χ4n) is 3.15. The summed E-state index contributed by atoms with van der Waals surface area (Å²) >= 11 is 0. The summed E-state index contributed by atoms with van der Waals surface area (Å²) in [4.78, 5) is 12.8. The Morgan fingerprint density at radius 2 is 1.50 bits per heavy atom. The average molecular weight is 485 g/mol. The van der Waals surface area contributed by atoms with Gasteiger partial charge >= 0.3 is 0 Å². The molecule has 3 aromatic rings. The van der Waals surface area contributed by atoms with Crippen molar-refractivity contribution in [3.8, 4) is 17.2 Å². The first-order valence-corrected chi connectivity index (χ1v) is 12.0. The Hall–Kier alpha value is -3.72. The molecule has 8 nitrogen and oxygen atoms in total. The van der Waals surface area contributed by atoms with E-state index in [4.69, 9.17) is 14.2 Å². The van der Waals surface area contributed by atoms with Gasteiger partial charge in [-0.25, -0.2) is 8.42 Å². The summed E-state index contributed by atoms with van der Waals surface area (Å²) in [5.74, 6) is 1.28. The molecule has 0 bridgehead atoms. The van der Waals surface area contributed by atoms with Crippen LogP contribution in [-0.2, 0) is 14.8 Å². The number of methoxy groups -OCH3 is 2. The second-order valence-electron chi connectivity index (χ2n) is 7.40. The van der Waals surface area contributed by atoms with E-state index in [0.29, 0.717) is 22.9 Å². The first-order chi connectivity index (χ1) is 16.3. The smallest absolute Gasteiger partial charge is 0.264 e. The number of amides is 1. The number of hydrogen-bond donors (Lipinski definition) is 1. The molecule has 0 heterocycles. The molecule has 1 N–H and O–H groups in total. The van der Waals surface area contributed by atoms with E-state index in [0.717, 1.165) is 9.87 Å². The predicted molar refractivity (Wildman–Crippen MR) is 130 cm³/mol. The average Bonchev–Trinajstić information content (AvgIpc) is 2.85. The summed E-state index contributed by atoms with van der Waals surface area (Å²) in [5, 5.41) is 2.71. The Bertz CT molecular complexity index is 1210. The lowest BCUT2D eigenvalue weighted by atomic mass is 10.2. The Morgan fingerprint density at radius 3 is 2.18 bits per heavy atom. The van der Waals surface area contributed by atoms with Crippen LogP contribution in [0.2, 0.25) is 0 Å². The van der Waals surface area contributed by atoms with Crippen molar-refractivity contribution in [2.45, 2.75) is 11.8 Å². The quantitative estimate of drug-likeness (QED) is 0.419. The summed E-state index contributed by atoms with van der Waals surface area (Å²) in [6.45, 7) is 1.88. The van der Waals surface area contributed by atoms with E-state index in [2.05, 4.69) is 5.32 Å². The largest absolute Gasteiger partial charge is 0.497 e. The maximum absolute atomic E-state index is 13.4. The molecule has 0 radical (unpaired) electrons. The van der Waals surface area contributed by atoms with Gasteiger partial charge in [0.2, 0.25) is 5.91 Å². The molecule has 3 rings (SSSR count). The molecular formula is C25H28N2O6S. The fraction of sp³-hybridized carbons (Fsp3) is 0.240. The van der Waals surface area contributed by atoms with E-state index in [9.17, 15) is 13.2 Å². The molecular weight excluding hydrogens is 456 g/mol. The van der Waals surface area contributed by atoms with E-state index >= 15 is 0 Å². The van der Waals surface area contributed by atoms with Crippen LogP contribution in [0, 0.1) is 6.92 Å². The summed E-state index contributed by atoms with van der Waals surface area (Å²) < 4.78 is 43.9. The van der Waals surface area contributed by atoms with Crippen molar-refractivity contribution in [3.63, 3.8) is 0 Å². The van der Waals surface area contributed by atoms with E-state index in [1.165, 1.54) is 19.2 Å². The van der Waals surface area contributed by atoms with Crippen LogP contribution in [-0.4, -0.2) is 48.2 Å². The molecule has 0 aromatic heterocycles. The van der Waals surface area contributed by atoms with Crippen molar-refractivity contribution in [1.82, 2.24) is 5.32 Å². The normalized spacial score (nSPS) is 10.9. The first-order valence-electron chi connectivity index (χ1n) is 10.6. The van der Waals surface area contributed by atoms with Crippen molar-refractivity contribution in [2.75, 3.05) is 38.2 Å². The Balaban J connectivity index is 1.71. The van der Waals surface area contributed by atoms with Gasteiger partial charge in [-0.05, 0) is 43.3 Å². The number of anilines is 1. The molecule has 34 heavy (non-hydrogen) atoms. The molecule has 0 aliphatic carbocycles. The third kappa shape index (κ3) is 6.41. The number of carbonyl (C=O) groups excluding carboxylic acids is 1. The van der Waals surface area contributed by atoms with Gasteiger partial charge in [0.15, 0.2) is 0 Å². The third-order valence-corrected chi connectivity index (χ3v) is 6.76. The molecule has 0 aliphatic heterocycles. The summed E-state index contributed by atoms with van der Waals surface area (Å²) in [6.07, 6.45) is 0. The molecule has 0 fully saturated rings. The number of nitrogens with one attached hydrogen (secondary N) is 1. The van der Waals surface area contributed by atoms with Gasteiger partial charge in [0.05, 0.1) is 31.3 Å². The zero-order chi connectivity index (χ0) is 24.6. The number of rotatable bonds is 11. The molecule has 3 aromatic carbocycles. The minimum atomic E-state index is -4.00.